The average Bonchev–Trinajstić information content (AvgIpc) is 2.73. The summed E-state index contributed by atoms with van der Waals surface area (Å²) in [7, 11) is 0. The van der Waals surface area contributed by atoms with E-state index in [0.29, 0.717) is 19.7 Å². The molecule has 0 aliphatic carbocycles. The molecule has 2 aromatic rings. The Bertz CT molecular complexity index is 795. The van der Waals surface area contributed by atoms with Crippen LogP contribution >= 0.6 is 0 Å². The van der Waals surface area contributed by atoms with Crippen molar-refractivity contribution < 1.29 is 9.53 Å². The molecule has 0 spiro atoms. The lowest BCUT2D eigenvalue weighted by Gasteiger charge is -2.37. The number of nitrogens with zero attached hydrogens (tertiary/aromatic N) is 4. The van der Waals surface area contributed by atoms with E-state index in [4.69, 9.17) is 4.74 Å². The van der Waals surface area contributed by atoms with Gasteiger partial charge in [-0.05, 0) is 24.0 Å². The number of aryl methyl sites for hydroxylation is 1. The summed E-state index contributed by atoms with van der Waals surface area (Å²) in [6.07, 6.45) is 2.94. The summed E-state index contributed by atoms with van der Waals surface area (Å²) in [5.74, 6) is 0.955. The fraction of sp³-hybridized carbons (Fsp3) is 0.450. The van der Waals surface area contributed by atoms with E-state index in [1.165, 1.54) is 11.1 Å². The number of hydrogen-bond donors (Lipinski definition) is 0. The van der Waals surface area contributed by atoms with Crippen molar-refractivity contribution in [3.63, 3.8) is 0 Å². The van der Waals surface area contributed by atoms with Gasteiger partial charge >= 0.3 is 0 Å². The van der Waals surface area contributed by atoms with Crippen LogP contribution < -0.4 is 4.90 Å². The van der Waals surface area contributed by atoms with Gasteiger partial charge in [0.05, 0.1) is 13.2 Å². The molecule has 1 amide bonds. The number of benzene rings is 1. The van der Waals surface area contributed by atoms with Crippen molar-refractivity contribution in [1.29, 1.82) is 0 Å². The van der Waals surface area contributed by atoms with E-state index in [2.05, 4.69) is 40.0 Å². The van der Waals surface area contributed by atoms with Crippen molar-refractivity contribution in [1.82, 2.24) is 14.9 Å². The van der Waals surface area contributed by atoms with Gasteiger partial charge in [-0.15, -0.1) is 0 Å². The van der Waals surface area contributed by atoms with Crippen molar-refractivity contribution in [3.8, 4) is 0 Å². The molecule has 26 heavy (non-hydrogen) atoms. The highest BCUT2D eigenvalue weighted by molar-refractivity contribution is 5.82. The zero-order chi connectivity index (χ0) is 17.9. The first-order valence-corrected chi connectivity index (χ1v) is 9.27. The third-order valence-corrected chi connectivity index (χ3v) is 5.18. The van der Waals surface area contributed by atoms with Crippen LogP contribution in [0.5, 0.6) is 0 Å². The van der Waals surface area contributed by atoms with Crippen LogP contribution in [0, 0.1) is 0 Å². The SMILES string of the molecule is CCc1cc(N2CCOC(C(=O)N3CCc4ccccc4C3)C2)ncn1. The minimum Gasteiger partial charge on any atom is -0.365 e. The van der Waals surface area contributed by atoms with Crippen molar-refractivity contribution in [3.05, 3.63) is 53.5 Å². The molecule has 4 rings (SSSR count). The topological polar surface area (TPSA) is 58.6 Å². The van der Waals surface area contributed by atoms with Gasteiger partial charge in [-0.3, -0.25) is 4.79 Å². The van der Waals surface area contributed by atoms with Crippen molar-refractivity contribution in [2.75, 3.05) is 31.1 Å². The molecule has 2 aliphatic rings. The molecule has 1 fully saturated rings. The monoisotopic (exact) mass is 352 g/mol. The van der Waals surface area contributed by atoms with Crippen LogP contribution in [-0.2, 0) is 28.9 Å². The molecule has 1 aromatic heterocycles. The second kappa shape index (κ2) is 7.41. The molecule has 6 heteroatoms. The Morgan fingerprint density at radius 1 is 1.23 bits per heavy atom. The Balaban J connectivity index is 1.45. The number of rotatable bonds is 3. The number of morpholine rings is 1. The van der Waals surface area contributed by atoms with Crippen molar-refractivity contribution in [2.24, 2.45) is 0 Å². The summed E-state index contributed by atoms with van der Waals surface area (Å²) in [5, 5.41) is 0. The second-order valence-corrected chi connectivity index (χ2v) is 6.81. The molecule has 1 aromatic carbocycles. The fourth-order valence-electron chi connectivity index (χ4n) is 3.65. The maximum Gasteiger partial charge on any atom is 0.253 e. The predicted octanol–water partition coefficient (Wildman–Crippen LogP) is 1.83. The van der Waals surface area contributed by atoms with Crippen LogP contribution in [0.1, 0.15) is 23.7 Å². The molecule has 0 radical (unpaired) electrons. The largest absolute Gasteiger partial charge is 0.365 e. The highest BCUT2D eigenvalue weighted by atomic mass is 16.5. The zero-order valence-electron chi connectivity index (χ0n) is 15.1. The lowest BCUT2D eigenvalue weighted by atomic mass is 9.99. The molecule has 1 unspecified atom stereocenters. The van der Waals surface area contributed by atoms with E-state index in [9.17, 15) is 4.79 Å². The number of carbonyl (C=O) groups is 1. The van der Waals surface area contributed by atoms with Crippen LogP contribution in [0.3, 0.4) is 0 Å². The van der Waals surface area contributed by atoms with E-state index < -0.39 is 6.10 Å². The number of ether oxygens (including phenoxy) is 1. The molecule has 0 bridgehead atoms. The Hall–Kier alpha value is -2.47. The molecule has 2 aliphatic heterocycles. The van der Waals surface area contributed by atoms with Crippen LogP contribution in [0.15, 0.2) is 36.7 Å². The first kappa shape index (κ1) is 17.0. The van der Waals surface area contributed by atoms with Gasteiger partial charge in [-0.1, -0.05) is 31.2 Å². The maximum absolute atomic E-state index is 13.0. The van der Waals surface area contributed by atoms with Crippen LogP contribution in [0.25, 0.3) is 0 Å². The molecule has 0 N–H and O–H groups in total. The van der Waals surface area contributed by atoms with Crippen LogP contribution in [-0.4, -0.2) is 53.1 Å². The summed E-state index contributed by atoms with van der Waals surface area (Å²) in [4.78, 5) is 25.7. The zero-order valence-corrected chi connectivity index (χ0v) is 15.1. The fourth-order valence-corrected chi connectivity index (χ4v) is 3.65. The molecular weight excluding hydrogens is 328 g/mol. The average molecular weight is 352 g/mol. The van der Waals surface area contributed by atoms with Gasteiger partial charge in [0.2, 0.25) is 0 Å². The summed E-state index contributed by atoms with van der Waals surface area (Å²) in [5.41, 5.74) is 3.59. The number of fused-ring (bicyclic) bond motifs is 1. The highest BCUT2D eigenvalue weighted by Crippen LogP contribution is 2.22. The first-order valence-electron chi connectivity index (χ1n) is 9.27. The minimum absolute atomic E-state index is 0.0778. The molecule has 3 heterocycles. The van der Waals surface area contributed by atoms with Gasteiger partial charge in [0.15, 0.2) is 6.10 Å². The van der Waals surface area contributed by atoms with E-state index in [-0.39, 0.29) is 5.91 Å². The summed E-state index contributed by atoms with van der Waals surface area (Å²) in [6, 6.07) is 10.4. The number of amides is 1. The van der Waals surface area contributed by atoms with Gasteiger partial charge in [-0.25, -0.2) is 9.97 Å². The third-order valence-electron chi connectivity index (χ3n) is 5.18. The lowest BCUT2D eigenvalue weighted by molar-refractivity contribution is -0.145. The van der Waals surface area contributed by atoms with E-state index >= 15 is 0 Å². The number of carbonyl (C=O) groups excluding carboxylic acids is 1. The Morgan fingerprint density at radius 2 is 2.08 bits per heavy atom. The number of anilines is 1. The quantitative estimate of drug-likeness (QED) is 0.843. The highest BCUT2D eigenvalue weighted by Gasteiger charge is 2.32. The normalized spacial score (nSPS) is 20.0. The summed E-state index contributed by atoms with van der Waals surface area (Å²) in [6.45, 7) is 5.31. The molecule has 6 nitrogen and oxygen atoms in total. The summed E-state index contributed by atoms with van der Waals surface area (Å²) < 4.78 is 5.81. The maximum atomic E-state index is 13.0. The van der Waals surface area contributed by atoms with Crippen molar-refractivity contribution in [2.45, 2.75) is 32.4 Å². The van der Waals surface area contributed by atoms with Crippen LogP contribution in [0.4, 0.5) is 5.82 Å². The smallest absolute Gasteiger partial charge is 0.253 e. The lowest BCUT2D eigenvalue weighted by Crippen LogP contribution is -2.52. The van der Waals surface area contributed by atoms with E-state index in [1.807, 2.05) is 17.0 Å². The Labute approximate surface area is 153 Å². The summed E-state index contributed by atoms with van der Waals surface area (Å²) >= 11 is 0. The molecule has 0 saturated carbocycles. The van der Waals surface area contributed by atoms with Gasteiger partial charge in [0.25, 0.3) is 5.91 Å². The van der Waals surface area contributed by atoms with E-state index in [1.54, 1.807) is 6.33 Å². The Kier molecular flexibility index (Phi) is 4.84. The minimum atomic E-state index is -0.436. The number of hydrogen-bond acceptors (Lipinski definition) is 5. The predicted molar refractivity (Wildman–Crippen MR) is 98.9 cm³/mol. The van der Waals surface area contributed by atoms with Crippen molar-refractivity contribution >= 4 is 11.7 Å². The first-order chi connectivity index (χ1) is 12.7. The Morgan fingerprint density at radius 3 is 2.92 bits per heavy atom. The second-order valence-electron chi connectivity index (χ2n) is 6.81. The molecular formula is C20H24N4O2. The molecule has 136 valence electrons. The van der Waals surface area contributed by atoms with Gasteiger partial charge < -0.3 is 14.5 Å². The van der Waals surface area contributed by atoms with Gasteiger partial charge in [0.1, 0.15) is 12.1 Å². The van der Waals surface area contributed by atoms with Gasteiger partial charge in [0, 0.05) is 31.4 Å². The van der Waals surface area contributed by atoms with E-state index in [0.717, 1.165) is 37.4 Å². The van der Waals surface area contributed by atoms with Gasteiger partial charge in [-0.2, -0.15) is 0 Å². The molecule has 1 saturated heterocycles. The third kappa shape index (κ3) is 3.42. The molecule has 1 atom stereocenters. The standard InChI is InChI=1S/C20H24N4O2/c1-2-17-11-19(22-14-21-17)23-9-10-26-18(13-23)20(25)24-8-7-15-5-3-4-6-16(15)12-24/h3-6,11,14,18H,2,7-10,12-13H2,1H3. The van der Waals surface area contributed by atoms with Crippen LogP contribution in [0.2, 0.25) is 0 Å². The number of aromatic nitrogens is 2.